The molecule has 0 spiro atoms. The predicted octanol–water partition coefficient (Wildman–Crippen LogP) is 2.26. The molecule has 1 atom stereocenters. The highest BCUT2D eigenvalue weighted by Crippen LogP contribution is 2.44. The van der Waals surface area contributed by atoms with E-state index in [1.165, 1.54) is 0 Å². The van der Waals surface area contributed by atoms with Gasteiger partial charge in [0.25, 0.3) is 0 Å². The van der Waals surface area contributed by atoms with Crippen molar-refractivity contribution in [2.75, 3.05) is 6.61 Å². The number of aliphatic hydroxyl groups is 1. The summed E-state index contributed by atoms with van der Waals surface area (Å²) >= 11 is 6.00. The number of hydrogen-bond donors (Lipinski definition) is 2. The Bertz CT molecular complexity index is 443. The maximum absolute atomic E-state index is 12.4. The summed E-state index contributed by atoms with van der Waals surface area (Å²) in [5.41, 5.74) is 0.526. The number of amides is 1. The smallest absolute Gasteiger partial charge is 0.230 e. The Kier molecular flexibility index (Phi) is 3.93. The van der Waals surface area contributed by atoms with E-state index in [2.05, 4.69) is 5.32 Å². The topological polar surface area (TPSA) is 49.3 Å². The summed E-state index contributed by atoms with van der Waals surface area (Å²) in [6.07, 6.45) is 2.74. The van der Waals surface area contributed by atoms with Crippen LogP contribution in [0.4, 0.5) is 0 Å². The molecule has 0 saturated heterocycles. The lowest BCUT2D eigenvalue weighted by Crippen LogP contribution is -2.52. The minimum atomic E-state index is -0.450. The fourth-order valence-corrected chi connectivity index (χ4v) is 2.56. The first kappa shape index (κ1) is 13.4. The van der Waals surface area contributed by atoms with Crippen LogP contribution in [-0.2, 0) is 10.2 Å². The van der Waals surface area contributed by atoms with E-state index in [9.17, 15) is 4.79 Å². The third kappa shape index (κ3) is 2.38. The first-order valence-electron chi connectivity index (χ1n) is 6.26. The number of aliphatic hydroxyl groups excluding tert-OH is 1. The monoisotopic (exact) mass is 267 g/mol. The summed E-state index contributed by atoms with van der Waals surface area (Å²) in [7, 11) is 0. The standard InChI is InChI=1S/C14H18ClNO2/c1-10(9-17)16-13(18)14(6-3-7-14)11-4-2-5-12(15)8-11/h2,4-5,8,10,17H,3,6-7,9H2,1H3,(H,16,18)/t10-/m0/s1. The molecule has 0 bridgehead atoms. The Morgan fingerprint density at radius 3 is 2.78 bits per heavy atom. The number of hydrogen-bond acceptors (Lipinski definition) is 2. The zero-order valence-corrected chi connectivity index (χ0v) is 11.2. The van der Waals surface area contributed by atoms with E-state index < -0.39 is 5.41 Å². The van der Waals surface area contributed by atoms with Crippen LogP contribution in [0, 0.1) is 0 Å². The van der Waals surface area contributed by atoms with Crippen LogP contribution >= 0.6 is 11.6 Å². The second-order valence-electron chi connectivity index (χ2n) is 5.00. The minimum Gasteiger partial charge on any atom is -0.394 e. The Morgan fingerprint density at radius 2 is 2.28 bits per heavy atom. The van der Waals surface area contributed by atoms with Gasteiger partial charge in [0.2, 0.25) is 5.91 Å². The molecule has 98 valence electrons. The van der Waals surface area contributed by atoms with Crippen molar-refractivity contribution >= 4 is 17.5 Å². The van der Waals surface area contributed by atoms with Gasteiger partial charge in [-0.3, -0.25) is 4.79 Å². The van der Waals surface area contributed by atoms with E-state index in [1.807, 2.05) is 24.3 Å². The van der Waals surface area contributed by atoms with Crippen LogP contribution in [0.3, 0.4) is 0 Å². The second-order valence-corrected chi connectivity index (χ2v) is 5.44. The van der Waals surface area contributed by atoms with Crippen LogP contribution in [0.25, 0.3) is 0 Å². The van der Waals surface area contributed by atoms with Crippen molar-refractivity contribution in [2.24, 2.45) is 0 Å². The molecule has 0 unspecified atom stereocenters. The highest BCUT2D eigenvalue weighted by atomic mass is 35.5. The summed E-state index contributed by atoms with van der Waals surface area (Å²) < 4.78 is 0. The van der Waals surface area contributed by atoms with Crippen LogP contribution in [0.15, 0.2) is 24.3 Å². The highest BCUT2D eigenvalue weighted by Gasteiger charge is 2.45. The molecule has 0 heterocycles. The molecular weight excluding hydrogens is 250 g/mol. The number of nitrogens with one attached hydrogen (secondary N) is 1. The van der Waals surface area contributed by atoms with E-state index in [-0.39, 0.29) is 18.6 Å². The molecule has 1 aliphatic carbocycles. The molecule has 1 saturated carbocycles. The Balaban J connectivity index is 2.23. The molecule has 4 heteroatoms. The van der Waals surface area contributed by atoms with Crippen molar-refractivity contribution in [1.29, 1.82) is 0 Å². The normalized spacial score (nSPS) is 18.8. The molecule has 2 N–H and O–H groups in total. The van der Waals surface area contributed by atoms with Crippen molar-refractivity contribution in [2.45, 2.75) is 37.6 Å². The van der Waals surface area contributed by atoms with Gasteiger partial charge in [-0.25, -0.2) is 0 Å². The number of rotatable bonds is 4. The van der Waals surface area contributed by atoms with E-state index in [1.54, 1.807) is 6.92 Å². The molecule has 0 radical (unpaired) electrons. The van der Waals surface area contributed by atoms with E-state index >= 15 is 0 Å². The SMILES string of the molecule is C[C@@H](CO)NC(=O)C1(c2cccc(Cl)c2)CCC1. The zero-order valence-electron chi connectivity index (χ0n) is 10.4. The minimum absolute atomic E-state index is 0.00225. The molecule has 0 aliphatic heterocycles. The average molecular weight is 268 g/mol. The second kappa shape index (κ2) is 5.29. The van der Waals surface area contributed by atoms with Crippen LogP contribution in [0.1, 0.15) is 31.7 Å². The number of carbonyl (C=O) groups is 1. The molecule has 1 amide bonds. The Morgan fingerprint density at radius 1 is 1.56 bits per heavy atom. The van der Waals surface area contributed by atoms with Gasteiger partial charge >= 0.3 is 0 Å². The van der Waals surface area contributed by atoms with Gasteiger partial charge in [0.1, 0.15) is 0 Å². The summed E-state index contributed by atoms with van der Waals surface area (Å²) in [4.78, 5) is 12.4. The Hall–Kier alpha value is -1.06. The lowest BCUT2D eigenvalue weighted by atomic mass is 9.63. The van der Waals surface area contributed by atoms with E-state index in [4.69, 9.17) is 16.7 Å². The van der Waals surface area contributed by atoms with Gasteiger partial charge < -0.3 is 10.4 Å². The molecular formula is C14H18ClNO2. The van der Waals surface area contributed by atoms with Crippen molar-refractivity contribution in [3.8, 4) is 0 Å². The third-order valence-corrected chi connectivity index (χ3v) is 3.91. The van der Waals surface area contributed by atoms with Gasteiger partial charge in [0.15, 0.2) is 0 Å². The third-order valence-electron chi connectivity index (χ3n) is 3.67. The van der Waals surface area contributed by atoms with Gasteiger partial charge in [-0.2, -0.15) is 0 Å². The van der Waals surface area contributed by atoms with Crippen LogP contribution in [-0.4, -0.2) is 23.7 Å². The number of carbonyl (C=O) groups excluding carboxylic acids is 1. The number of halogens is 1. The zero-order chi connectivity index (χ0) is 13.2. The van der Waals surface area contributed by atoms with Crippen molar-refractivity contribution in [3.63, 3.8) is 0 Å². The molecule has 1 aliphatic rings. The van der Waals surface area contributed by atoms with Crippen molar-refractivity contribution in [3.05, 3.63) is 34.9 Å². The fraction of sp³-hybridized carbons (Fsp3) is 0.500. The van der Waals surface area contributed by atoms with Crippen LogP contribution < -0.4 is 5.32 Å². The van der Waals surface area contributed by atoms with Crippen molar-refractivity contribution < 1.29 is 9.90 Å². The molecule has 0 aromatic heterocycles. The van der Waals surface area contributed by atoms with Gasteiger partial charge in [-0.1, -0.05) is 30.2 Å². The fourth-order valence-electron chi connectivity index (χ4n) is 2.37. The maximum Gasteiger partial charge on any atom is 0.230 e. The number of benzene rings is 1. The van der Waals surface area contributed by atoms with Crippen LogP contribution in [0.5, 0.6) is 0 Å². The van der Waals surface area contributed by atoms with Crippen LogP contribution in [0.2, 0.25) is 5.02 Å². The molecule has 1 aromatic carbocycles. The van der Waals surface area contributed by atoms with Gasteiger partial charge in [-0.05, 0) is 37.5 Å². The molecule has 1 aromatic rings. The average Bonchev–Trinajstić information content (AvgIpc) is 2.27. The summed E-state index contributed by atoms with van der Waals surface area (Å²) in [6.45, 7) is 1.75. The lowest BCUT2D eigenvalue weighted by molar-refractivity contribution is -0.130. The quantitative estimate of drug-likeness (QED) is 0.879. The first-order valence-corrected chi connectivity index (χ1v) is 6.64. The molecule has 1 fully saturated rings. The summed E-state index contributed by atoms with van der Waals surface area (Å²) in [6, 6.07) is 7.29. The maximum atomic E-state index is 12.4. The van der Waals surface area contributed by atoms with Gasteiger partial charge in [0.05, 0.1) is 12.0 Å². The molecule has 3 nitrogen and oxygen atoms in total. The molecule has 2 rings (SSSR count). The largest absolute Gasteiger partial charge is 0.394 e. The Labute approximate surface area is 112 Å². The van der Waals surface area contributed by atoms with Gasteiger partial charge in [0, 0.05) is 11.1 Å². The molecule has 18 heavy (non-hydrogen) atoms. The lowest BCUT2D eigenvalue weighted by Gasteiger charge is -2.41. The van der Waals surface area contributed by atoms with E-state index in [0.29, 0.717) is 5.02 Å². The highest BCUT2D eigenvalue weighted by molar-refractivity contribution is 6.30. The van der Waals surface area contributed by atoms with Gasteiger partial charge in [-0.15, -0.1) is 0 Å². The summed E-state index contributed by atoms with van der Waals surface area (Å²) in [5.74, 6) is -0.00225. The first-order chi connectivity index (χ1) is 8.58. The summed E-state index contributed by atoms with van der Waals surface area (Å²) in [5, 5.41) is 12.5. The van der Waals surface area contributed by atoms with Crippen molar-refractivity contribution in [1.82, 2.24) is 5.32 Å². The van der Waals surface area contributed by atoms with E-state index in [0.717, 1.165) is 24.8 Å². The predicted molar refractivity (Wildman–Crippen MR) is 71.7 cm³/mol.